The number of ether oxygens (including phenoxy) is 1. The first-order valence-corrected chi connectivity index (χ1v) is 6.52. The van der Waals surface area contributed by atoms with Gasteiger partial charge < -0.3 is 10.5 Å². The molecule has 1 heterocycles. The third-order valence-electron chi connectivity index (χ3n) is 2.28. The maximum Gasteiger partial charge on any atom is 0.340 e. The summed E-state index contributed by atoms with van der Waals surface area (Å²) in [6.07, 6.45) is 1.71. The number of urea groups is 1. The van der Waals surface area contributed by atoms with Crippen molar-refractivity contribution in [2.24, 2.45) is 11.7 Å². The summed E-state index contributed by atoms with van der Waals surface area (Å²) < 4.78 is 5.70. The lowest BCUT2D eigenvalue weighted by molar-refractivity contribution is -0.130. The van der Waals surface area contributed by atoms with Gasteiger partial charge in [-0.1, -0.05) is 13.8 Å². The lowest BCUT2D eigenvalue weighted by Crippen LogP contribution is -2.45. The van der Waals surface area contributed by atoms with E-state index in [0.717, 1.165) is 0 Å². The summed E-state index contributed by atoms with van der Waals surface area (Å²) in [6, 6.07) is 0.513. The van der Waals surface area contributed by atoms with Crippen molar-refractivity contribution in [1.29, 1.82) is 0 Å². The minimum Gasteiger partial charge on any atom is -0.448 e. The molecule has 0 aromatic carbocycles. The van der Waals surface area contributed by atoms with Crippen molar-refractivity contribution in [3.8, 4) is 0 Å². The Morgan fingerprint density at radius 3 is 2.50 bits per heavy atom. The molecule has 3 N–H and O–H groups in total. The molecule has 0 fully saturated rings. The first-order valence-electron chi connectivity index (χ1n) is 5.73. The molecule has 1 aromatic rings. The molecule has 0 spiro atoms. The summed E-state index contributed by atoms with van der Waals surface area (Å²) in [6.45, 7) is 3.36. The second-order valence-electron chi connectivity index (χ2n) is 4.32. The number of nitrogens with zero attached hydrogens (tertiary/aromatic N) is 1. The number of imide groups is 1. The molecule has 0 bridgehead atoms. The molecule has 0 aliphatic carbocycles. The average Bonchev–Trinajstić information content (AvgIpc) is 2.34. The topological polar surface area (TPSA) is 111 Å². The third kappa shape index (κ3) is 4.61. The minimum absolute atomic E-state index is 0.192. The van der Waals surface area contributed by atoms with Crippen molar-refractivity contribution in [2.75, 3.05) is 0 Å². The van der Waals surface area contributed by atoms with Gasteiger partial charge in [-0.2, -0.15) is 0 Å². The number of hydrogen-bond acceptors (Lipinski definition) is 5. The number of nitrogens with two attached hydrogens (primary N) is 1. The van der Waals surface area contributed by atoms with Crippen LogP contribution in [0.5, 0.6) is 0 Å². The Labute approximate surface area is 124 Å². The van der Waals surface area contributed by atoms with Gasteiger partial charge in [0.25, 0.3) is 5.91 Å². The quantitative estimate of drug-likeness (QED) is 0.798. The highest BCUT2D eigenvalue weighted by Gasteiger charge is 2.28. The predicted octanol–water partition coefficient (Wildman–Crippen LogP) is 1.22. The first kappa shape index (κ1) is 16.1. The number of aromatic nitrogens is 1. The molecule has 0 aliphatic heterocycles. The zero-order valence-corrected chi connectivity index (χ0v) is 12.5. The van der Waals surface area contributed by atoms with E-state index >= 15 is 0 Å². The Bertz CT molecular complexity index is 533. The van der Waals surface area contributed by atoms with E-state index in [1.807, 2.05) is 5.32 Å². The fourth-order valence-corrected chi connectivity index (χ4v) is 1.76. The number of carbonyl (C=O) groups excluding carboxylic acids is 3. The highest BCUT2D eigenvalue weighted by atomic mass is 79.9. The molecule has 3 amide bonds. The number of halogens is 1. The lowest BCUT2D eigenvalue weighted by atomic mass is 10.1. The van der Waals surface area contributed by atoms with E-state index in [-0.39, 0.29) is 11.5 Å². The molecule has 0 unspecified atom stereocenters. The normalized spacial score (nSPS) is 11.8. The van der Waals surface area contributed by atoms with Gasteiger partial charge in [-0.3, -0.25) is 15.1 Å². The van der Waals surface area contributed by atoms with Crippen LogP contribution in [0.25, 0.3) is 0 Å². The lowest BCUT2D eigenvalue weighted by Gasteiger charge is -2.19. The highest BCUT2D eigenvalue weighted by molar-refractivity contribution is 9.10. The van der Waals surface area contributed by atoms with Crippen molar-refractivity contribution in [3.05, 3.63) is 28.5 Å². The summed E-state index contributed by atoms with van der Waals surface area (Å²) in [7, 11) is 0. The van der Waals surface area contributed by atoms with Gasteiger partial charge in [0.15, 0.2) is 6.10 Å². The molecule has 8 heteroatoms. The fourth-order valence-electron chi connectivity index (χ4n) is 1.39. The van der Waals surface area contributed by atoms with Gasteiger partial charge in [0.2, 0.25) is 0 Å². The molecular formula is C12H14BrN3O4. The van der Waals surface area contributed by atoms with Gasteiger partial charge in [-0.25, -0.2) is 9.59 Å². The Hall–Kier alpha value is -1.96. The molecule has 1 aromatic heterocycles. The molecule has 0 saturated carbocycles. The van der Waals surface area contributed by atoms with Crippen molar-refractivity contribution in [3.63, 3.8) is 0 Å². The van der Waals surface area contributed by atoms with E-state index in [1.165, 1.54) is 18.5 Å². The largest absolute Gasteiger partial charge is 0.448 e. The van der Waals surface area contributed by atoms with Crippen molar-refractivity contribution in [1.82, 2.24) is 10.3 Å². The molecule has 1 rings (SSSR count). The van der Waals surface area contributed by atoms with Gasteiger partial charge >= 0.3 is 12.0 Å². The van der Waals surface area contributed by atoms with Crippen molar-refractivity contribution < 1.29 is 19.1 Å². The number of esters is 1. The first-order chi connectivity index (χ1) is 9.31. The Morgan fingerprint density at radius 2 is 2.00 bits per heavy atom. The van der Waals surface area contributed by atoms with Crippen LogP contribution in [-0.4, -0.2) is 29.0 Å². The van der Waals surface area contributed by atoms with Gasteiger partial charge in [0, 0.05) is 16.9 Å². The molecule has 108 valence electrons. The second-order valence-corrected chi connectivity index (χ2v) is 5.23. The molecule has 7 nitrogen and oxygen atoms in total. The third-order valence-corrected chi connectivity index (χ3v) is 2.72. The maximum atomic E-state index is 11.9. The monoisotopic (exact) mass is 343 g/mol. The van der Waals surface area contributed by atoms with Crippen LogP contribution >= 0.6 is 15.9 Å². The van der Waals surface area contributed by atoms with E-state index in [9.17, 15) is 14.4 Å². The summed E-state index contributed by atoms with van der Waals surface area (Å²) in [4.78, 5) is 38.1. The summed E-state index contributed by atoms with van der Waals surface area (Å²) in [5, 5.41) is 1.89. The predicted molar refractivity (Wildman–Crippen MR) is 73.7 cm³/mol. The van der Waals surface area contributed by atoms with Gasteiger partial charge in [0.1, 0.15) is 0 Å². The van der Waals surface area contributed by atoms with Gasteiger partial charge in [0.05, 0.1) is 5.56 Å². The molecule has 1 atom stereocenters. The number of amides is 3. The number of carbonyl (C=O) groups is 3. The molecule has 0 radical (unpaired) electrons. The van der Waals surface area contributed by atoms with Crippen LogP contribution in [0.1, 0.15) is 24.2 Å². The smallest absolute Gasteiger partial charge is 0.340 e. The summed E-state index contributed by atoms with van der Waals surface area (Å²) >= 11 is 3.18. The Balaban J connectivity index is 2.83. The van der Waals surface area contributed by atoms with Crippen molar-refractivity contribution in [2.45, 2.75) is 20.0 Å². The molecule has 20 heavy (non-hydrogen) atoms. The summed E-state index contributed by atoms with van der Waals surface area (Å²) in [5.74, 6) is -1.79. The van der Waals surface area contributed by atoms with E-state index < -0.39 is 24.0 Å². The standard InChI is InChI=1S/C12H14BrN3O4/c1-6(2)9(10(17)16-12(14)19)20-11(18)7-3-8(13)5-15-4-7/h3-6,9H,1-2H3,(H3,14,16,17,19)/t9-/m0/s1. The second kappa shape index (κ2) is 6.99. The maximum absolute atomic E-state index is 11.9. The average molecular weight is 344 g/mol. The molecule has 0 saturated heterocycles. The van der Waals surface area contributed by atoms with Gasteiger partial charge in [-0.15, -0.1) is 0 Å². The summed E-state index contributed by atoms with van der Waals surface area (Å²) in [5.41, 5.74) is 5.06. The SMILES string of the molecule is CC(C)[C@H](OC(=O)c1cncc(Br)c1)C(=O)NC(N)=O. The van der Waals surface area contributed by atoms with Crippen LogP contribution in [0.4, 0.5) is 4.79 Å². The number of nitrogens with one attached hydrogen (secondary N) is 1. The van der Waals surface area contributed by atoms with E-state index in [2.05, 4.69) is 20.9 Å². The number of pyridine rings is 1. The van der Waals surface area contributed by atoms with Crippen LogP contribution in [0.3, 0.4) is 0 Å². The molecule has 0 aliphatic rings. The number of primary amides is 1. The number of hydrogen-bond donors (Lipinski definition) is 2. The van der Waals surface area contributed by atoms with E-state index in [1.54, 1.807) is 13.8 Å². The van der Waals surface area contributed by atoms with Crippen LogP contribution in [-0.2, 0) is 9.53 Å². The van der Waals surface area contributed by atoms with E-state index in [0.29, 0.717) is 4.47 Å². The van der Waals surface area contributed by atoms with Crippen LogP contribution in [0.15, 0.2) is 22.9 Å². The van der Waals surface area contributed by atoms with Crippen LogP contribution < -0.4 is 11.1 Å². The number of rotatable bonds is 4. The Kier molecular flexibility index (Phi) is 5.63. The van der Waals surface area contributed by atoms with E-state index in [4.69, 9.17) is 10.5 Å². The zero-order chi connectivity index (χ0) is 15.3. The zero-order valence-electron chi connectivity index (χ0n) is 10.9. The highest BCUT2D eigenvalue weighted by Crippen LogP contribution is 2.14. The minimum atomic E-state index is -1.12. The van der Waals surface area contributed by atoms with Crippen molar-refractivity contribution >= 4 is 33.8 Å². The Morgan fingerprint density at radius 1 is 1.35 bits per heavy atom. The van der Waals surface area contributed by atoms with Crippen LogP contribution in [0, 0.1) is 5.92 Å². The van der Waals surface area contributed by atoms with Crippen LogP contribution in [0.2, 0.25) is 0 Å². The molecular weight excluding hydrogens is 330 g/mol. The van der Waals surface area contributed by atoms with Gasteiger partial charge in [-0.05, 0) is 27.9 Å². The fraction of sp³-hybridized carbons (Fsp3) is 0.333.